The van der Waals surface area contributed by atoms with Crippen LogP contribution >= 0.6 is 0 Å². The van der Waals surface area contributed by atoms with Crippen LogP contribution in [-0.2, 0) is 0 Å². The average molecular weight is 396 g/mol. The molecule has 1 unspecified atom stereocenters. The Morgan fingerprint density at radius 3 is 1.61 bits per heavy atom. The van der Waals surface area contributed by atoms with Crippen molar-refractivity contribution in [2.45, 2.75) is 13.0 Å². The summed E-state index contributed by atoms with van der Waals surface area (Å²) in [5.41, 5.74) is 0. The van der Waals surface area contributed by atoms with Crippen molar-refractivity contribution in [1.29, 1.82) is 0 Å². The van der Waals surface area contributed by atoms with Crippen LogP contribution in [0.25, 0.3) is 0 Å². The Morgan fingerprint density at radius 2 is 1.11 bits per heavy atom. The fourth-order valence-corrected chi connectivity index (χ4v) is 1.86. The SMILES string of the molecule is [CH2-]N1CCN([CH2-])CCN([CH2-])C(C)CN([CH2-])CC1.[Gd]. The second kappa shape index (κ2) is 9.97. The zero-order chi connectivity index (χ0) is 12.8. The van der Waals surface area contributed by atoms with Gasteiger partial charge >= 0.3 is 0 Å². The van der Waals surface area contributed by atoms with Gasteiger partial charge in [0, 0.05) is 39.9 Å². The average Bonchev–Trinajstić information content (AvgIpc) is 2.29. The molecule has 0 aromatic carbocycles. The van der Waals surface area contributed by atoms with E-state index in [1.807, 2.05) is 0 Å². The molecule has 1 aliphatic rings. The molecule has 0 amide bonds. The van der Waals surface area contributed by atoms with E-state index in [0.717, 1.165) is 45.8 Å². The van der Waals surface area contributed by atoms with Gasteiger partial charge in [-0.15, -0.1) is 0 Å². The third kappa shape index (κ3) is 7.68. The summed E-state index contributed by atoms with van der Waals surface area (Å²) in [4.78, 5) is 8.40. The summed E-state index contributed by atoms with van der Waals surface area (Å²) >= 11 is 0. The van der Waals surface area contributed by atoms with Crippen LogP contribution in [0, 0.1) is 68.1 Å². The van der Waals surface area contributed by atoms with Gasteiger partial charge in [0.2, 0.25) is 0 Å². The molecule has 1 fully saturated rings. The van der Waals surface area contributed by atoms with Crippen molar-refractivity contribution in [3.63, 3.8) is 0 Å². The van der Waals surface area contributed by atoms with Crippen LogP contribution in [0.3, 0.4) is 0 Å². The van der Waals surface area contributed by atoms with Crippen molar-refractivity contribution >= 4 is 0 Å². The first kappa shape index (κ1) is 19.2. The zero-order valence-electron chi connectivity index (χ0n) is 11.5. The standard InChI is InChI=1S/C13H26N4.Gd/c1-13-12-16(4)9-8-14(2)6-7-15(3)10-11-17(13)5;/h13H,2-12H2,1H3;/q-4;. The van der Waals surface area contributed by atoms with Gasteiger partial charge in [0.25, 0.3) is 0 Å². The molecule has 1 heterocycles. The summed E-state index contributed by atoms with van der Waals surface area (Å²) in [7, 11) is 16.2. The Kier molecular flexibility index (Phi) is 10.6. The number of hydrogen-bond donors (Lipinski definition) is 0. The van der Waals surface area contributed by atoms with Gasteiger partial charge in [0.05, 0.1) is 0 Å². The van der Waals surface area contributed by atoms with E-state index in [4.69, 9.17) is 0 Å². The van der Waals surface area contributed by atoms with Crippen LogP contribution in [0.5, 0.6) is 0 Å². The molecule has 5 heteroatoms. The summed E-state index contributed by atoms with van der Waals surface area (Å²) in [6, 6.07) is 0.415. The fraction of sp³-hybridized carbons (Fsp3) is 0.692. The van der Waals surface area contributed by atoms with E-state index in [1.165, 1.54) is 0 Å². The molecule has 0 spiro atoms. The topological polar surface area (TPSA) is 13.0 Å². The maximum absolute atomic E-state index is 4.09. The molecule has 0 saturated carbocycles. The summed E-state index contributed by atoms with van der Waals surface area (Å²) in [5, 5.41) is 0. The normalized spacial score (nSPS) is 28.2. The molecule has 0 aromatic heterocycles. The zero-order valence-corrected chi connectivity index (χ0v) is 13.8. The van der Waals surface area contributed by atoms with E-state index in [0.29, 0.717) is 6.04 Å². The monoisotopic (exact) mass is 396 g/mol. The van der Waals surface area contributed by atoms with Gasteiger partial charge in [-0.2, -0.15) is 0 Å². The third-order valence-corrected chi connectivity index (χ3v) is 3.31. The molecule has 1 atom stereocenters. The molecule has 4 nitrogen and oxygen atoms in total. The van der Waals surface area contributed by atoms with Crippen molar-refractivity contribution in [3.05, 3.63) is 28.2 Å². The van der Waals surface area contributed by atoms with Crippen molar-refractivity contribution in [3.8, 4) is 0 Å². The second-order valence-electron chi connectivity index (χ2n) is 4.97. The van der Waals surface area contributed by atoms with Crippen LogP contribution in [0.4, 0.5) is 0 Å². The summed E-state index contributed by atoms with van der Waals surface area (Å²) < 4.78 is 0. The molecular weight excluding hydrogens is 369 g/mol. The largest absolute Gasteiger partial charge is 0.457 e. The van der Waals surface area contributed by atoms with E-state index in [2.05, 4.69) is 54.7 Å². The first-order valence-electron chi connectivity index (χ1n) is 6.22. The number of nitrogens with zero attached hydrogens (tertiary/aromatic N) is 4. The molecule has 1 rings (SSSR count). The molecule has 18 heavy (non-hydrogen) atoms. The Hall–Kier alpha value is 1.16. The van der Waals surface area contributed by atoms with Crippen LogP contribution < -0.4 is 0 Å². The van der Waals surface area contributed by atoms with Crippen molar-refractivity contribution in [1.82, 2.24) is 19.6 Å². The fourth-order valence-electron chi connectivity index (χ4n) is 1.86. The van der Waals surface area contributed by atoms with Crippen LogP contribution in [0.2, 0.25) is 0 Å². The Labute approximate surface area is 145 Å². The van der Waals surface area contributed by atoms with Crippen LogP contribution in [-0.4, -0.2) is 71.5 Å². The van der Waals surface area contributed by atoms with E-state index in [-0.39, 0.29) is 39.9 Å². The number of rotatable bonds is 0. The van der Waals surface area contributed by atoms with Gasteiger partial charge in [-0.1, -0.05) is 6.92 Å². The number of hydrogen-bond acceptors (Lipinski definition) is 4. The predicted molar refractivity (Wildman–Crippen MR) is 72.3 cm³/mol. The van der Waals surface area contributed by atoms with Gasteiger partial charge < -0.3 is 19.6 Å². The Balaban J connectivity index is 0.00000289. The maximum atomic E-state index is 4.09. The van der Waals surface area contributed by atoms with Gasteiger partial charge in [-0.25, -0.2) is 0 Å². The molecular formula is C13H26GdN4-4. The molecule has 0 radical (unpaired) electrons. The molecule has 0 aromatic rings. The van der Waals surface area contributed by atoms with Crippen molar-refractivity contribution < 1.29 is 39.9 Å². The van der Waals surface area contributed by atoms with E-state index in [9.17, 15) is 0 Å². The Bertz CT molecular complexity index is 215. The van der Waals surface area contributed by atoms with Crippen molar-refractivity contribution in [2.24, 2.45) is 0 Å². The third-order valence-electron chi connectivity index (χ3n) is 3.31. The summed E-state index contributed by atoms with van der Waals surface area (Å²) in [6.07, 6.45) is 0. The second-order valence-corrected chi connectivity index (χ2v) is 4.97. The van der Waals surface area contributed by atoms with Gasteiger partial charge in [0.15, 0.2) is 0 Å². The molecule has 110 valence electrons. The maximum Gasteiger partial charge on any atom is 0 e. The molecule has 1 saturated heterocycles. The van der Waals surface area contributed by atoms with E-state index in [1.54, 1.807) is 0 Å². The first-order chi connectivity index (χ1) is 7.99. The minimum atomic E-state index is 0. The van der Waals surface area contributed by atoms with Gasteiger partial charge in [-0.05, 0) is 51.9 Å². The molecule has 1 aliphatic heterocycles. The van der Waals surface area contributed by atoms with Crippen LogP contribution in [0.15, 0.2) is 0 Å². The van der Waals surface area contributed by atoms with Crippen LogP contribution in [0.1, 0.15) is 6.92 Å². The molecule has 0 bridgehead atoms. The van der Waals surface area contributed by atoms with Crippen molar-refractivity contribution in [2.75, 3.05) is 45.8 Å². The van der Waals surface area contributed by atoms with E-state index >= 15 is 0 Å². The quantitative estimate of drug-likeness (QED) is 0.562. The minimum Gasteiger partial charge on any atom is -0.457 e. The summed E-state index contributed by atoms with van der Waals surface area (Å²) in [6.45, 7) is 8.79. The summed E-state index contributed by atoms with van der Waals surface area (Å²) in [5.74, 6) is 0. The van der Waals surface area contributed by atoms with Gasteiger partial charge in [0.1, 0.15) is 0 Å². The van der Waals surface area contributed by atoms with Gasteiger partial charge in [-0.3, -0.25) is 28.2 Å². The Morgan fingerprint density at radius 1 is 0.722 bits per heavy atom. The first-order valence-corrected chi connectivity index (χ1v) is 6.22. The minimum absolute atomic E-state index is 0. The smallest absolute Gasteiger partial charge is 0 e. The molecule has 0 aliphatic carbocycles. The molecule has 0 N–H and O–H groups in total. The van der Waals surface area contributed by atoms with E-state index < -0.39 is 0 Å². The predicted octanol–water partition coefficient (Wildman–Crippen LogP) is 0.763.